The second kappa shape index (κ2) is 5.07. The Balaban J connectivity index is 2.00. The number of hydrogen-bond acceptors (Lipinski definition) is 4. The smallest absolute Gasteiger partial charge is 0.329 e. The predicted octanol–water partition coefficient (Wildman–Crippen LogP) is 2.83. The van der Waals surface area contributed by atoms with Crippen LogP contribution in [0.2, 0.25) is 0 Å². The minimum Gasteiger partial charge on any atom is -0.480 e. The van der Waals surface area contributed by atoms with Crippen LogP contribution in [0.25, 0.3) is 10.8 Å². The van der Waals surface area contributed by atoms with Gasteiger partial charge in [0.2, 0.25) is 0 Å². The zero-order valence-corrected chi connectivity index (χ0v) is 11.2. The number of nitrogens with one attached hydrogen (secondary N) is 1. The quantitative estimate of drug-likeness (QED) is 0.897. The summed E-state index contributed by atoms with van der Waals surface area (Å²) in [4.78, 5) is 11.7. The summed E-state index contributed by atoms with van der Waals surface area (Å²) >= 11 is 0. The number of fused-ring (bicyclic) bond motifs is 1. The summed E-state index contributed by atoms with van der Waals surface area (Å²) in [6.07, 6.45) is 5.90. The number of hydrogen-bond donors (Lipinski definition) is 2. The highest BCUT2D eigenvalue weighted by Crippen LogP contribution is 2.33. The van der Waals surface area contributed by atoms with Crippen LogP contribution in [0.4, 0.5) is 5.82 Å². The number of aromatic nitrogens is 2. The first-order valence-electron chi connectivity index (χ1n) is 6.93. The summed E-state index contributed by atoms with van der Waals surface area (Å²) < 4.78 is 0. The minimum absolute atomic E-state index is 0.562. The van der Waals surface area contributed by atoms with Crippen LogP contribution in [0.5, 0.6) is 0 Å². The van der Waals surface area contributed by atoms with E-state index in [1.165, 1.54) is 0 Å². The van der Waals surface area contributed by atoms with Gasteiger partial charge in [-0.2, -0.15) is 5.10 Å². The molecule has 0 unspecified atom stereocenters. The van der Waals surface area contributed by atoms with E-state index in [-0.39, 0.29) is 0 Å². The number of aliphatic carboxylic acids is 1. The highest BCUT2D eigenvalue weighted by molar-refractivity contribution is 5.93. The molecule has 5 heteroatoms. The van der Waals surface area contributed by atoms with Crippen LogP contribution in [0.1, 0.15) is 32.1 Å². The Hall–Kier alpha value is -2.17. The van der Waals surface area contributed by atoms with Gasteiger partial charge in [-0.3, -0.25) is 0 Å². The zero-order chi connectivity index (χ0) is 14.0. The molecule has 1 aliphatic carbocycles. The van der Waals surface area contributed by atoms with Gasteiger partial charge in [0, 0.05) is 10.8 Å². The molecule has 1 aromatic heterocycles. The van der Waals surface area contributed by atoms with Crippen molar-refractivity contribution >= 4 is 22.6 Å². The fraction of sp³-hybridized carbons (Fsp3) is 0.400. The largest absolute Gasteiger partial charge is 0.480 e. The van der Waals surface area contributed by atoms with E-state index in [0.29, 0.717) is 18.7 Å². The minimum atomic E-state index is -0.906. The average molecular weight is 271 g/mol. The molecular weight excluding hydrogens is 254 g/mol. The Kier molecular flexibility index (Phi) is 3.26. The molecule has 2 aromatic rings. The topological polar surface area (TPSA) is 75.1 Å². The summed E-state index contributed by atoms with van der Waals surface area (Å²) in [5.74, 6) is -0.237. The lowest BCUT2D eigenvalue weighted by atomic mass is 9.81. The van der Waals surface area contributed by atoms with Crippen LogP contribution in [0.3, 0.4) is 0 Å². The molecule has 1 aromatic carbocycles. The van der Waals surface area contributed by atoms with E-state index in [1.807, 2.05) is 24.3 Å². The number of nitrogens with zero attached hydrogens (tertiary/aromatic N) is 2. The van der Waals surface area contributed by atoms with Crippen LogP contribution in [-0.2, 0) is 4.79 Å². The Morgan fingerprint density at radius 1 is 1.20 bits per heavy atom. The second-order valence-corrected chi connectivity index (χ2v) is 5.35. The normalized spacial score (nSPS) is 17.8. The molecule has 20 heavy (non-hydrogen) atoms. The van der Waals surface area contributed by atoms with Gasteiger partial charge in [-0.15, -0.1) is 5.10 Å². The van der Waals surface area contributed by atoms with Gasteiger partial charge < -0.3 is 10.4 Å². The van der Waals surface area contributed by atoms with Crippen molar-refractivity contribution in [3.63, 3.8) is 0 Å². The van der Waals surface area contributed by atoms with Crippen LogP contribution < -0.4 is 5.32 Å². The van der Waals surface area contributed by atoms with Crippen molar-refractivity contribution in [1.29, 1.82) is 0 Å². The molecule has 0 bridgehead atoms. The molecule has 2 N–H and O–H groups in total. The Morgan fingerprint density at radius 3 is 2.70 bits per heavy atom. The molecule has 0 amide bonds. The summed E-state index contributed by atoms with van der Waals surface area (Å²) in [5, 5.41) is 22.7. The molecule has 0 atom stereocenters. The molecule has 1 aliphatic rings. The first-order chi connectivity index (χ1) is 9.71. The lowest BCUT2D eigenvalue weighted by Gasteiger charge is -2.34. The van der Waals surface area contributed by atoms with Gasteiger partial charge in [0.1, 0.15) is 5.54 Å². The van der Waals surface area contributed by atoms with E-state index in [4.69, 9.17) is 0 Å². The van der Waals surface area contributed by atoms with Crippen molar-refractivity contribution in [1.82, 2.24) is 10.2 Å². The van der Waals surface area contributed by atoms with Crippen LogP contribution in [0.15, 0.2) is 30.5 Å². The van der Waals surface area contributed by atoms with Crippen molar-refractivity contribution in [3.8, 4) is 0 Å². The average Bonchev–Trinajstić information content (AvgIpc) is 2.48. The molecule has 0 saturated heterocycles. The van der Waals surface area contributed by atoms with Crippen molar-refractivity contribution in [2.75, 3.05) is 5.32 Å². The number of anilines is 1. The molecule has 1 fully saturated rings. The maximum Gasteiger partial charge on any atom is 0.329 e. The third kappa shape index (κ3) is 2.19. The van der Waals surface area contributed by atoms with E-state index in [1.54, 1.807) is 6.20 Å². The Morgan fingerprint density at radius 2 is 1.95 bits per heavy atom. The summed E-state index contributed by atoms with van der Waals surface area (Å²) in [6, 6.07) is 7.74. The molecule has 0 spiro atoms. The second-order valence-electron chi connectivity index (χ2n) is 5.35. The first-order valence-corrected chi connectivity index (χ1v) is 6.93. The van der Waals surface area contributed by atoms with Crippen molar-refractivity contribution < 1.29 is 9.90 Å². The van der Waals surface area contributed by atoms with Gasteiger partial charge in [0.15, 0.2) is 5.82 Å². The maximum absolute atomic E-state index is 11.7. The maximum atomic E-state index is 11.7. The van der Waals surface area contributed by atoms with Crippen molar-refractivity contribution in [3.05, 3.63) is 30.5 Å². The molecule has 104 valence electrons. The Labute approximate surface area is 117 Å². The number of carboxylic acid groups (broad SMARTS) is 1. The number of benzene rings is 1. The zero-order valence-electron chi connectivity index (χ0n) is 11.2. The van der Waals surface area contributed by atoms with Crippen molar-refractivity contribution in [2.45, 2.75) is 37.6 Å². The number of rotatable bonds is 3. The van der Waals surface area contributed by atoms with Crippen molar-refractivity contribution in [2.24, 2.45) is 0 Å². The highest BCUT2D eigenvalue weighted by Gasteiger charge is 2.40. The van der Waals surface area contributed by atoms with Crippen LogP contribution >= 0.6 is 0 Å². The van der Waals surface area contributed by atoms with Crippen LogP contribution in [0, 0.1) is 0 Å². The Bertz CT molecular complexity index is 631. The van der Waals surface area contributed by atoms with Gasteiger partial charge >= 0.3 is 5.97 Å². The lowest BCUT2D eigenvalue weighted by molar-refractivity contribution is -0.143. The van der Waals surface area contributed by atoms with E-state index in [0.717, 1.165) is 30.0 Å². The van der Waals surface area contributed by atoms with E-state index >= 15 is 0 Å². The third-order valence-electron chi connectivity index (χ3n) is 4.04. The molecule has 5 nitrogen and oxygen atoms in total. The summed E-state index contributed by atoms with van der Waals surface area (Å²) in [6.45, 7) is 0. The summed E-state index contributed by atoms with van der Waals surface area (Å²) in [5.41, 5.74) is -0.906. The van der Waals surface area contributed by atoms with Crippen LogP contribution in [-0.4, -0.2) is 26.8 Å². The molecule has 3 rings (SSSR count). The third-order valence-corrected chi connectivity index (χ3v) is 4.04. The standard InChI is InChI=1S/C15H17N3O2/c19-14(20)15(8-4-1-5-9-15)17-13-12-7-3-2-6-11(12)10-16-18-13/h2-3,6-7,10H,1,4-5,8-9H2,(H,17,18)(H,19,20). The van der Waals surface area contributed by atoms with E-state index < -0.39 is 11.5 Å². The molecule has 1 heterocycles. The fourth-order valence-corrected chi connectivity index (χ4v) is 2.89. The first kappa shape index (κ1) is 12.8. The van der Waals surface area contributed by atoms with Gasteiger partial charge in [-0.25, -0.2) is 4.79 Å². The lowest BCUT2D eigenvalue weighted by Crippen LogP contribution is -2.48. The van der Waals surface area contributed by atoms with E-state index in [2.05, 4.69) is 15.5 Å². The van der Waals surface area contributed by atoms with Gasteiger partial charge in [-0.1, -0.05) is 43.5 Å². The van der Waals surface area contributed by atoms with E-state index in [9.17, 15) is 9.90 Å². The monoisotopic (exact) mass is 271 g/mol. The highest BCUT2D eigenvalue weighted by atomic mass is 16.4. The van der Waals surface area contributed by atoms with Gasteiger partial charge in [-0.05, 0) is 12.8 Å². The fourth-order valence-electron chi connectivity index (χ4n) is 2.89. The van der Waals surface area contributed by atoms with Gasteiger partial charge in [0.25, 0.3) is 0 Å². The summed E-state index contributed by atoms with van der Waals surface area (Å²) in [7, 11) is 0. The molecule has 0 aliphatic heterocycles. The number of carboxylic acids is 1. The molecule has 0 radical (unpaired) electrons. The van der Waals surface area contributed by atoms with Gasteiger partial charge in [0.05, 0.1) is 6.20 Å². The SMILES string of the molecule is O=C(O)C1(Nc2nncc3ccccc23)CCCCC1. The predicted molar refractivity (Wildman–Crippen MR) is 76.6 cm³/mol. The molecular formula is C15H17N3O2. The molecule has 1 saturated carbocycles. The number of carbonyl (C=O) groups is 1.